The van der Waals surface area contributed by atoms with Crippen molar-refractivity contribution in [2.75, 3.05) is 49.9 Å². The number of carbonyl (C=O) groups excluding carboxylic acids is 6. The molecular weight excluding hydrogens is 1040 g/mol. The number of ketones is 2. The summed E-state index contributed by atoms with van der Waals surface area (Å²) < 4.78 is 127. The van der Waals surface area contributed by atoms with Crippen molar-refractivity contribution in [2.45, 2.75) is 74.3 Å². The molecule has 0 atom stereocenters. The molecule has 74 heavy (non-hydrogen) atoms. The fraction of sp³-hybridized carbons (Fsp3) is 0.450. The number of halogens is 12. The van der Waals surface area contributed by atoms with Crippen molar-refractivity contribution in [3.8, 4) is 0 Å². The van der Waals surface area contributed by atoms with E-state index in [0.29, 0.717) is 63.2 Å². The van der Waals surface area contributed by atoms with E-state index in [1.54, 1.807) is 0 Å². The van der Waals surface area contributed by atoms with Gasteiger partial charge in [-0.25, -0.2) is 19.2 Å². The van der Waals surface area contributed by atoms with Gasteiger partial charge in [0.2, 0.25) is 23.6 Å². The molecule has 2 aliphatic heterocycles. The van der Waals surface area contributed by atoms with Crippen LogP contribution < -0.4 is 43.4 Å². The molecule has 0 aromatic heterocycles. The predicted molar refractivity (Wildman–Crippen MR) is 225 cm³/mol. The Hall–Kier alpha value is -7.46. The van der Waals surface area contributed by atoms with E-state index in [4.69, 9.17) is 51.1 Å². The number of hydrogen-bond acceptors (Lipinski definition) is 14. The first-order valence-corrected chi connectivity index (χ1v) is 20.5. The summed E-state index contributed by atoms with van der Waals surface area (Å²) in [6, 6.07) is 8.93. The van der Waals surface area contributed by atoms with Crippen molar-refractivity contribution in [3.05, 3.63) is 58.7 Å². The Kier molecular flexibility index (Phi) is 23.6. The van der Waals surface area contributed by atoms with Gasteiger partial charge in [-0.1, -0.05) is 0 Å². The molecule has 412 valence electrons. The van der Waals surface area contributed by atoms with Crippen LogP contribution in [0.4, 0.5) is 64.1 Å². The second-order valence-corrected chi connectivity index (χ2v) is 15.3. The van der Waals surface area contributed by atoms with E-state index < -0.39 is 71.2 Å². The lowest BCUT2D eigenvalue weighted by Crippen LogP contribution is -2.59. The number of aliphatic carboxylic acids is 4. The van der Waals surface area contributed by atoms with Crippen LogP contribution in [-0.2, 0) is 38.4 Å². The molecule has 2 fully saturated rings. The first-order chi connectivity index (χ1) is 33.8. The van der Waals surface area contributed by atoms with Gasteiger partial charge in [-0.05, 0) is 88.3 Å². The van der Waals surface area contributed by atoms with Gasteiger partial charge in [0.05, 0.1) is 11.1 Å². The van der Waals surface area contributed by atoms with Gasteiger partial charge in [0.15, 0.2) is 11.6 Å². The largest absolute Gasteiger partial charge is 0.490 e. The lowest BCUT2D eigenvalue weighted by Gasteiger charge is -2.32. The SMILES string of the molecule is NC1(C(=O)NCCC(=O)Nc2ccc3c(c2)C(=O)c2ccc(NC(=O)CCNC(=O)C4(N)CCNCC4)cc2C3=O)CCNCC1.O=C(O)C(F)(F)F.O=C(O)C(F)(F)F.O=C(O)C(F)(F)F.O=C(O)C(F)(F)F. The molecule has 2 heterocycles. The number of piperidine rings is 2. The normalized spacial score (nSPS) is 15.5. The van der Waals surface area contributed by atoms with Crippen molar-refractivity contribution < 1.29 is 121 Å². The Bertz CT molecular complexity index is 2190. The van der Waals surface area contributed by atoms with Gasteiger partial charge in [0, 0.05) is 59.6 Å². The Morgan fingerprint density at radius 2 is 0.716 bits per heavy atom. The zero-order valence-corrected chi connectivity index (χ0v) is 37.5. The molecule has 0 spiro atoms. The number of rotatable bonds is 10. The van der Waals surface area contributed by atoms with Crippen LogP contribution in [0.2, 0.25) is 0 Å². The zero-order valence-electron chi connectivity index (χ0n) is 37.5. The average molecular weight is 1090 g/mol. The minimum absolute atomic E-state index is 0.000750. The van der Waals surface area contributed by atoms with Gasteiger partial charge in [0.1, 0.15) is 0 Å². The van der Waals surface area contributed by atoms with Crippen molar-refractivity contribution in [3.63, 3.8) is 0 Å². The van der Waals surface area contributed by atoms with Crippen LogP contribution in [0.1, 0.15) is 70.4 Å². The zero-order chi connectivity index (χ0) is 57.2. The highest BCUT2D eigenvalue weighted by Crippen LogP contribution is 2.31. The molecule has 0 unspecified atom stereocenters. The van der Waals surface area contributed by atoms with E-state index in [1.807, 2.05) is 0 Å². The second kappa shape index (κ2) is 27.0. The molecule has 0 saturated carbocycles. The lowest BCUT2D eigenvalue weighted by atomic mass is 9.83. The smallest absolute Gasteiger partial charge is 0.475 e. The number of amides is 4. The highest BCUT2D eigenvalue weighted by Gasteiger charge is 2.41. The van der Waals surface area contributed by atoms with Crippen LogP contribution in [0.25, 0.3) is 0 Å². The molecule has 2 saturated heterocycles. The topological polar surface area (TPSA) is 376 Å². The Morgan fingerprint density at radius 1 is 0.473 bits per heavy atom. The molecule has 3 aliphatic rings. The molecule has 14 N–H and O–H groups in total. The van der Waals surface area contributed by atoms with Crippen LogP contribution in [-0.4, -0.2) is 155 Å². The third-order valence-electron chi connectivity index (χ3n) is 9.73. The number of alkyl halides is 12. The van der Waals surface area contributed by atoms with Gasteiger partial charge < -0.3 is 63.8 Å². The molecule has 22 nitrogen and oxygen atoms in total. The van der Waals surface area contributed by atoms with E-state index in [2.05, 4.69) is 31.9 Å². The maximum absolute atomic E-state index is 13.3. The fourth-order valence-electron chi connectivity index (χ4n) is 5.88. The molecule has 5 rings (SSSR count). The molecule has 1 aliphatic carbocycles. The molecule has 0 bridgehead atoms. The van der Waals surface area contributed by atoms with Gasteiger partial charge >= 0.3 is 48.6 Å². The summed E-state index contributed by atoms with van der Waals surface area (Å²) >= 11 is 0. The average Bonchev–Trinajstić information content (AvgIpc) is 3.28. The summed E-state index contributed by atoms with van der Waals surface area (Å²) in [5.74, 6) is -13.1. The molecule has 4 amide bonds. The molecule has 0 radical (unpaired) electrons. The summed E-state index contributed by atoms with van der Waals surface area (Å²) in [6.45, 7) is 2.83. The van der Waals surface area contributed by atoms with Crippen molar-refractivity contribution in [2.24, 2.45) is 11.5 Å². The number of hydrogen-bond donors (Lipinski definition) is 12. The van der Waals surface area contributed by atoms with Gasteiger partial charge in [-0.15, -0.1) is 0 Å². The number of fused-ring (bicyclic) bond motifs is 2. The fourth-order valence-corrected chi connectivity index (χ4v) is 5.88. The van der Waals surface area contributed by atoms with Crippen molar-refractivity contribution in [1.29, 1.82) is 0 Å². The van der Waals surface area contributed by atoms with Crippen LogP contribution >= 0.6 is 0 Å². The van der Waals surface area contributed by atoms with Gasteiger partial charge in [-0.3, -0.25) is 28.8 Å². The number of nitrogens with one attached hydrogen (secondary N) is 6. The van der Waals surface area contributed by atoms with Crippen molar-refractivity contribution in [1.82, 2.24) is 21.3 Å². The minimum atomic E-state index is -5.08. The van der Waals surface area contributed by atoms with E-state index >= 15 is 0 Å². The molecular formula is C40H44F12N8O14. The van der Waals surface area contributed by atoms with Crippen molar-refractivity contribution >= 4 is 70.4 Å². The van der Waals surface area contributed by atoms with Crippen LogP contribution in [0, 0.1) is 0 Å². The Labute approximate surface area is 406 Å². The number of anilines is 2. The van der Waals surface area contributed by atoms with E-state index in [0.717, 1.165) is 0 Å². The summed E-state index contributed by atoms with van der Waals surface area (Å²) in [7, 11) is 0. The number of carboxylic acids is 4. The molecule has 2 aromatic carbocycles. The third kappa shape index (κ3) is 21.3. The minimum Gasteiger partial charge on any atom is -0.475 e. The predicted octanol–water partition coefficient (Wildman–Crippen LogP) is 2.05. The van der Waals surface area contributed by atoms with E-state index in [1.165, 1.54) is 36.4 Å². The highest BCUT2D eigenvalue weighted by atomic mass is 19.4. The van der Waals surface area contributed by atoms with Crippen LogP contribution in [0.3, 0.4) is 0 Å². The summed E-state index contributed by atoms with van der Waals surface area (Å²) in [5.41, 5.74) is 11.8. The quantitative estimate of drug-likeness (QED) is 0.129. The van der Waals surface area contributed by atoms with Crippen LogP contribution in [0.5, 0.6) is 0 Å². The molecule has 2 aromatic rings. The van der Waals surface area contributed by atoms with Gasteiger partial charge in [0.25, 0.3) is 0 Å². The summed E-state index contributed by atoms with van der Waals surface area (Å²) in [6.07, 6.45) is -18.3. The Balaban J connectivity index is 0.000000793. The standard InChI is InChI=1S/C32H40N8O6.4C2HF3O2/c33-31(7-13-35-14-8-31)29(45)37-11-5-25(41)39-19-1-3-21-23(17-19)28(44)22-4-2-20(18-24(22)27(21)43)40-26(42)6-12-38-30(46)32(34)9-15-36-16-10-32;4*3-2(4,5)1(6)7/h1-4,17-18,35-36H,5-16,33-34H2,(H,37,45)(H,38,46)(H,39,41)(H,40,42);4*(H,6,7). The maximum atomic E-state index is 13.3. The summed E-state index contributed by atoms with van der Waals surface area (Å²) in [4.78, 5) is 112. The number of carboxylic acid groups (broad SMARTS) is 4. The number of benzene rings is 2. The van der Waals surface area contributed by atoms with E-state index in [-0.39, 0.29) is 71.8 Å². The molecule has 34 heteroatoms. The first-order valence-electron chi connectivity index (χ1n) is 20.5. The number of nitrogens with two attached hydrogens (primary N) is 2. The second-order valence-electron chi connectivity index (χ2n) is 15.3. The highest BCUT2D eigenvalue weighted by molar-refractivity contribution is 6.29. The van der Waals surface area contributed by atoms with E-state index in [9.17, 15) is 81.5 Å². The van der Waals surface area contributed by atoms with Gasteiger partial charge in [-0.2, -0.15) is 52.7 Å². The monoisotopic (exact) mass is 1090 g/mol. The summed E-state index contributed by atoms with van der Waals surface area (Å²) in [5, 5.41) is 45.7. The lowest BCUT2D eigenvalue weighted by molar-refractivity contribution is -0.193. The Morgan fingerprint density at radius 3 is 0.946 bits per heavy atom. The first kappa shape index (κ1) is 64.6. The maximum Gasteiger partial charge on any atom is 0.490 e. The van der Waals surface area contributed by atoms with Crippen LogP contribution in [0.15, 0.2) is 36.4 Å². The number of carbonyl (C=O) groups is 10. The third-order valence-corrected chi connectivity index (χ3v) is 9.73.